The van der Waals surface area contributed by atoms with Crippen LogP contribution < -0.4 is 5.32 Å². The van der Waals surface area contributed by atoms with E-state index in [0.29, 0.717) is 13.1 Å². The van der Waals surface area contributed by atoms with Crippen LogP contribution in [0.15, 0.2) is 24.1 Å². The number of carboxylic acids is 1. The molecule has 0 aliphatic carbocycles. The lowest BCUT2D eigenvalue weighted by Gasteiger charge is -2.27. The Morgan fingerprint density at radius 3 is 2.96 bits per heavy atom. The standard InChI is InChI=1S/C17H22N2O5S/c1-2-8-24-11-13(17(22)23)18-15(20)3-4-16(21)19-7-5-14-12(10-19)6-9-25-14/h2,6,9,13H,1,3-5,7-8,10-11H2,(H,18,20)(H,22,23). The van der Waals surface area contributed by atoms with Crippen LogP contribution in [0.4, 0.5) is 0 Å². The maximum Gasteiger partial charge on any atom is 0.328 e. The van der Waals surface area contributed by atoms with Gasteiger partial charge in [0.1, 0.15) is 0 Å². The second kappa shape index (κ2) is 9.33. The third-order valence-electron chi connectivity index (χ3n) is 3.88. The largest absolute Gasteiger partial charge is 0.480 e. The van der Waals surface area contributed by atoms with E-state index in [1.54, 1.807) is 16.2 Å². The lowest BCUT2D eigenvalue weighted by Crippen LogP contribution is -2.44. The van der Waals surface area contributed by atoms with Gasteiger partial charge in [0, 0.05) is 30.8 Å². The summed E-state index contributed by atoms with van der Waals surface area (Å²) in [5.74, 6) is -1.75. The van der Waals surface area contributed by atoms with Crippen LogP contribution in [0.25, 0.3) is 0 Å². The summed E-state index contributed by atoms with van der Waals surface area (Å²) in [5, 5.41) is 13.5. The molecule has 1 unspecified atom stereocenters. The number of carboxylic acid groups (broad SMARTS) is 1. The zero-order valence-corrected chi connectivity index (χ0v) is 14.7. The average molecular weight is 366 g/mol. The highest BCUT2D eigenvalue weighted by Gasteiger charge is 2.23. The van der Waals surface area contributed by atoms with Crippen molar-refractivity contribution in [1.82, 2.24) is 10.2 Å². The van der Waals surface area contributed by atoms with Gasteiger partial charge in [0.2, 0.25) is 11.8 Å². The van der Waals surface area contributed by atoms with Gasteiger partial charge in [0.15, 0.2) is 6.04 Å². The highest BCUT2D eigenvalue weighted by atomic mass is 32.1. The number of hydrogen-bond donors (Lipinski definition) is 2. The van der Waals surface area contributed by atoms with Crippen LogP contribution in [0.1, 0.15) is 23.3 Å². The summed E-state index contributed by atoms with van der Waals surface area (Å²) in [6, 6.07) is 0.887. The average Bonchev–Trinajstić information content (AvgIpc) is 3.06. The minimum atomic E-state index is -1.18. The number of carbonyl (C=O) groups is 3. The molecule has 7 nitrogen and oxygen atoms in total. The van der Waals surface area contributed by atoms with Gasteiger partial charge in [-0.05, 0) is 23.4 Å². The predicted molar refractivity (Wildman–Crippen MR) is 93.3 cm³/mol. The van der Waals surface area contributed by atoms with Crippen molar-refractivity contribution in [2.75, 3.05) is 19.8 Å². The van der Waals surface area contributed by atoms with Gasteiger partial charge < -0.3 is 20.1 Å². The molecule has 1 aromatic rings. The summed E-state index contributed by atoms with van der Waals surface area (Å²) in [6.07, 6.45) is 2.35. The molecule has 1 aliphatic heterocycles. The number of fused-ring (bicyclic) bond motifs is 1. The Bertz CT molecular complexity index is 643. The van der Waals surface area contributed by atoms with Crippen LogP contribution in [0, 0.1) is 0 Å². The number of nitrogens with one attached hydrogen (secondary N) is 1. The van der Waals surface area contributed by atoms with Gasteiger partial charge in [0.25, 0.3) is 0 Å². The molecular formula is C17H22N2O5S. The minimum Gasteiger partial charge on any atom is -0.480 e. The second-order valence-corrected chi connectivity index (χ2v) is 6.72. The molecule has 0 aromatic carbocycles. The molecule has 0 bridgehead atoms. The summed E-state index contributed by atoms with van der Waals surface area (Å²) in [5.41, 5.74) is 1.17. The Kier molecular flexibility index (Phi) is 7.15. The molecule has 0 fully saturated rings. The number of rotatable bonds is 9. The first kappa shape index (κ1) is 19.1. The molecule has 136 valence electrons. The Hall–Kier alpha value is -2.19. The molecule has 25 heavy (non-hydrogen) atoms. The number of thiophene rings is 1. The van der Waals surface area contributed by atoms with Crippen LogP contribution in [-0.2, 0) is 32.1 Å². The van der Waals surface area contributed by atoms with Crippen LogP contribution in [0.2, 0.25) is 0 Å². The highest BCUT2D eigenvalue weighted by Crippen LogP contribution is 2.24. The maximum absolute atomic E-state index is 12.3. The Morgan fingerprint density at radius 1 is 1.44 bits per heavy atom. The number of amides is 2. The first-order valence-corrected chi connectivity index (χ1v) is 8.93. The van der Waals surface area contributed by atoms with Gasteiger partial charge in [-0.3, -0.25) is 9.59 Å². The summed E-state index contributed by atoms with van der Waals surface area (Å²) in [4.78, 5) is 38.3. The molecule has 1 aromatic heterocycles. The van der Waals surface area contributed by atoms with Gasteiger partial charge in [-0.25, -0.2) is 4.79 Å². The minimum absolute atomic E-state index is 0.0446. The van der Waals surface area contributed by atoms with Crippen LogP contribution in [0.3, 0.4) is 0 Å². The molecule has 0 saturated carbocycles. The lowest BCUT2D eigenvalue weighted by molar-refractivity contribution is -0.143. The van der Waals surface area contributed by atoms with E-state index in [4.69, 9.17) is 9.84 Å². The fourth-order valence-corrected chi connectivity index (χ4v) is 3.44. The van der Waals surface area contributed by atoms with E-state index in [0.717, 1.165) is 6.42 Å². The number of nitrogens with zero attached hydrogens (tertiary/aromatic N) is 1. The Morgan fingerprint density at radius 2 is 2.24 bits per heavy atom. The van der Waals surface area contributed by atoms with Gasteiger partial charge in [-0.2, -0.15) is 0 Å². The van der Waals surface area contributed by atoms with E-state index < -0.39 is 17.9 Å². The molecular weight excluding hydrogens is 344 g/mol. The SMILES string of the molecule is C=CCOCC(NC(=O)CCC(=O)N1CCc2sccc2C1)C(=O)O. The molecule has 0 radical (unpaired) electrons. The number of aliphatic carboxylic acids is 1. The van der Waals surface area contributed by atoms with Crippen LogP contribution in [-0.4, -0.2) is 53.6 Å². The van der Waals surface area contributed by atoms with E-state index in [9.17, 15) is 14.4 Å². The highest BCUT2D eigenvalue weighted by molar-refractivity contribution is 7.10. The molecule has 1 aliphatic rings. The maximum atomic E-state index is 12.3. The first-order chi connectivity index (χ1) is 12.0. The summed E-state index contributed by atoms with van der Waals surface area (Å²) in [7, 11) is 0. The third-order valence-corrected chi connectivity index (χ3v) is 4.90. The molecule has 2 heterocycles. The second-order valence-electron chi connectivity index (χ2n) is 5.72. The molecule has 2 N–H and O–H groups in total. The quantitative estimate of drug-likeness (QED) is 0.505. The smallest absolute Gasteiger partial charge is 0.328 e. The normalized spacial score (nSPS) is 14.5. The molecule has 1 atom stereocenters. The summed E-state index contributed by atoms with van der Waals surface area (Å²) < 4.78 is 5.07. The van der Waals surface area contributed by atoms with Crippen LogP contribution >= 0.6 is 11.3 Å². The topological polar surface area (TPSA) is 95.9 Å². The van der Waals surface area contributed by atoms with Crippen molar-refractivity contribution in [3.05, 3.63) is 34.5 Å². The lowest BCUT2D eigenvalue weighted by atomic mass is 10.1. The fraction of sp³-hybridized carbons (Fsp3) is 0.471. The Balaban J connectivity index is 1.76. The van der Waals surface area contributed by atoms with E-state index >= 15 is 0 Å². The zero-order chi connectivity index (χ0) is 18.2. The van der Waals surface area contributed by atoms with E-state index in [-0.39, 0.29) is 32.0 Å². The van der Waals surface area contributed by atoms with Crippen LogP contribution in [0.5, 0.6) is 0 Å². The summed E-state index contributed by atoms with van der Waals surface area (Å²) in [6.45, 7) is 4.76. The van der Waals surface area contributed by atoms with E-state index in [1.165, 1.54) is 16.5 Å². The third kappa shape index (κ3) is 5.68. The van der Waals surface area contributed by atoms with E-state index in [2.05, 4.69) is 11.9 Å². The van der Waals surface area contributed by atoms with Gasteiger partial charge in [-0.15, -0.1) is 17.9 Å². The number of ether oxygens (including phenoxy) is 1. The van der Waals surface area contributed by atoms with Crippen molar-refractivity contribution in [3.63, 3.8) is 0 Å². The monoisotopic (exact) mass is 366 g/mol. The van der Waals surface area contributed by atoms with Gasteiger partial charge >= 0.3 is 5.97 Å². The van der Waals surface area contributed by atoms with Crippen molar-refractivity contribution >= 4 is 29.1 Å². The van der Waals surface area contributed by atoms with Gasteiger partial charge in [0.05, 0.1) is 13.2 Å². The molecule has 2 amide bonds. The number of carbonyl (C=O) groups excluding carboxylic acids is 2. The molecule has 0 saturated heterocycles. The van der Waals surface area contributed by atoms with Crippen molar-refractivity contribution < 1.29 is 24.2 Å². The number of hydrogen-bond acceptors (Lipinski definition) is 5. The molecule has 0 spiro atoms. The van der Waals surface area contributed by atoms with Crippen molar-refractivity contribution in [2.24, 2.45) is 0 Å². The predicted octanol–water partition coefficient (Wildman–Crippen LogP) is 1.18. The Labute approximate surface area is 150 Å². The fourth-order valence-electron chi connectivity index (χ4n) is 2.55. The zero-order valence-electron chi connectivity index (χ0n) is 13.9. The van der Waals surface area contributed by atoms with Crippen molar-refractivity contribution in [2.45, 2.75) is 31.8 Å². The van der Waals surface area contributed by atoms with Crippen molar-refractivity contribution in [1.29, 1.82) is 0 Å². The molecule has 2 rings (SSSR count). The molecule has 8 heteroatoms. The summed E-state index contributed by atoms with van der Waals surface area (Å²) >= 11 is 1.70. The van der Waals surface area contributed by atoms with E-state index in [1.807, 2.05) is 11.4 Å². The van der Waals surface area contributed by atoms with Crippen molar-refractivity contribution in [3.8, 4) is 0 Å². The first-order valence-electron chi connectivity index (χ1n) is 8.05. The van der Waals surface area contributed by atoms with Gasteiger partial charge in [-0.1, -0.05) is 6.08 Å².